The van der Waals surface area contributed by atoms with Crippen molar-refractivity contribution in [2.24, 2.45) is 0 Å². The second kappa shape index (κ2) is 3.82. The van der Waals surface area contributed by atoms with Crippen LogP contribution >= 0.6 is 22.9 Å². The number of thiazole rings is 1. The summed E-state index contributed by atoms with van der Waals surface area (Å²) in [5.74, 6) is 0. The van der Waals surface area contributed by atoms with Gasteiger partial charge >= 0.3 is 0 Å². The monoisotopic (exact) mass is 220 g/mol. The van der Waals surface area contributed by atoms with Crippen molar-refractivity contribution < 1.29 is 5.11 Å². The Bertz CT molecular complexity index is 282. The standard InChI is InChI=1S/C8H13ClN2OS/c1-8(2,12)5-11(3)7-10-6(9)4-13-7/h4,12H,5H2,1-3H3. The molecule has 0 bridgehead atoms. The van der Waals surface area contributed by atoms with Gasteiger partial charge < -0.3 is 10.0 Å². The molecule has 0 radical (unpaired) electrons. The molecule has 0 atom stereocenters. The van der Waals surface area contributed by atoms with E-state index in [2.05, 4.69) is 4.98 Å². The molecule has 0 aliphatic heterocycles. The fourth-order valence-corrected chi connectivity index (χ4v) is 1.98. The van der Waals surface area contributed by atoms with E-state index in [4.69, 9.17) is 11.6 Å². The molecule has 0 aromatic carbocycles. The highest BCUT2D eigenvalue weighted by Crippen LogP contribution is 2.23. The normalized spacial score (nSPS) is 11.8. The number of hydrogen-bond acceptors (Lipinski definition) is 4. The van der Waals surface area contributed by atoms with E-state index in [1.54, 1.807) is 19.2 Å². The van der Waals surface area contributed by atoms with Crippen molar-refractivity contribution in [2.75, 3.05) is 18.5 Å². The molecule has 0 amide bonds. The number of anilines is 1. The van der Waals surface area contributed by atoms with E-state index < -0.39 is 5.60 Å². The van der Waals surface area contributed by atoms with Crippen molar-refractivity contribution in [3.05, 3.63) is 10.5 Å². The van der Waals surface area contributed by atoms with Gasteiger partial charge in [0.15, 0.2) is 5.13 Å². The predicted octanol–water partition coefficient (Wildman–Crippen LogP) is 2.00. The van der Waals surface area contributed by atoms with Crippen molar-refractivity contribution >= 4 is 28.1 Å². The van der Waals surface area contributed by atoms with E-state index in [9.17, 15) is 5.11 Å². The number of aromatic nitrogens is 1. The van der Waals surface area contributed by atoms with E-state index in [0.717, 1.165) is 5.13 Å². The topological polar surface area (TPSA) is 36.4 Å². The molecule has 1 N–H and O–H groups in total. The summed E-state index contributed by atoms with van der Waals surface area (Å²) in [6.45, 7) is 4.06. The minimum absolute atomic E-state index is 0.502. The van der Waals surface area contributed by atoms with Crippen LogP contribution in [-0.4, -0.2) is 29.3 Å². The van der Waals surface area contributed by atoms with E-state index in [1.807, 2.05) is 11.9 Å². The molecule has 74 valence electrons. The molecule has 0 aliphatic rings. The maximum absolute atomic E-state index is 9.56. The summed E-state index contributed by atoms with van der Waals surface area (Å²) in [6, 6.07) is 0. The molecule has 0 saturated heterocycles. The van der Waals surface area contributed by atoms with Crippen molar-refractivity contribution in [1.82, 2.24) is 4.98 Å². The number of nitrogens with zero attached hydrogens (tertiary/aromatic N) is 2. The van der Waals surface area contributed by atoms with Gasteiger partial charge in [-0.15, -0.1) is 11.3 Å². The first kappa shape index (κ1) is 10.8. The first-order valence-electron chi connectivity index (χ1n) is 3.93. The van der Waals surface area contributed by atoms with Crippen LogP contribution in [0.2, 0.25) is 5.15 Å². The summed E-state index contributed by atoms with van der Waals surface area (Å²) in [5, 5.41) is 12.7. The minimum atomic E-state index is -0.715. The summed E-state index contributed by atoms with van der Waals surface area (Å²) in [5.41, 5.74) is -0.715. The van der Waals surface area contributed by atoms with Crippen molar-refractivity contribution in [1.29, 1.82) is 0 Å². The molecule has 0 unspecified atom stereocenters. The average Bonchev–Trinajstić information content (AvgIpc) is 2.31. The van der Waals surface area contributed by atoms with E-state index >= 15 is 0 Å². The third kappa shape index (κ3) is 3.50. The summed E-state index contributed by atoms with van der Waals surface area (Å²) in [7, 11) is 1.88. The van der Waals surface area contributed by atoms with Crippen LogP contribution in [0.15, 0.2) is 5.38 Å². The van der Waals surface area contributed by atoms with Crippen LogP contribution in [0.3, 0.4) is 0 Å². The van der Waals surface area contributed by atoms with Crippen molar-refractivity contribution in [3.63, 3.8) is 0 Å². The SMILES string of the molecule is CN(CC(C)(C)O)c1nc(Cl)cs1. The zero-order chi connectivity index (χ0) is 10.1. The molecule has 1 aromatic rings. The van der Waals surface area contributed by atoms with Crippen molar-refractivity contribution in [3.8, 4) is 0 Å². The second-order valence-electron chi connectivity index (χ2n) is 3.62. The largest absolute Gasteiger partial charge is 0.389 e. The van der Waals surface area contributed by atoms with Crippen LogP contribution < -0.4 is 4.90 Å². The van der Waals surface area contributed by atoms with Crippen LogP contribution in [-0.2, 0) is 0 Å². The van der Waals surface area contributed by atoms with Gasteiger partial charge in [-0.25, -0.2) is 4.98 Å². The highest BCUT2D eigenvalue weighted by molar-refractivity contribution is 7.14. The number of aliphatic hydroxyl groups is 1. The average molecular weight is 221 g/mol. The van der Waals surface area contributed by atoms with Gasteiger partial charge in [0.25, 0.3) is 0 Å². The predicted molar refractivity (Wildman–Crippen MR) is 56.7 cm³/mol. The van der Waals surface area contributed by atoms with Gasteiger partial charge in [0.05, 0.1) is 5.60 Å². The third-order valence-electron chi connectivity index (χ3n) is 1.41. The molecule has 0 saturated carbocycles. The highest BCUT2D eigenvalue weighted by Gasteiger charge is 2.17. The minimum Gasteiger partial charge on any atom is -0.389 e. The number of hydrogen-bond donors (Lipinski definition) is 1. The Balaban J connectivity index is 2.64. The van der Waals surface area contributed by atoms with Crippen LogP contribution in [0, 0.1) is 0 Å². The van der Waals surface area contributed by atoms with Crippen molar-refractivity contribution in [2.45, 2.75) is 19.4 Å². The van der Waals surface area contributed by atoms with Crippen LogP contribution in [0.1, 0.15) is 13.8 Å². The molecule has 1 aromatic heterocycles. The number of rotatable bonds is 3. The number of likely N-dealkylation sites (N-methyl/N-ethyl adjacent to an activating group) is 1. The van der Waals surface area contributed by atoms with E-state index in [1.165, 1.54) is 11.3 Å². The molecule has 3 nitrogen and oxygen atoms in total. The molecular weight excluding hydrogens is 208 g/mol. The lowest BCUT2D eigenvalue weighted by molar-refractivity contribution is 0.0886. The molecule has 1 rings (SSSR count). The molecule has 0 aliphatic carbocycles. The van der Waals surface area contributed by atoms with Crippen LogP contribution in [0.5, 0.6) is 0 Å². The second-order valence-corrected chi connectivity index (χ2v) is 4.85. The van der Waals surface area contributed by atoms with Gasteiger partial charge in [0.2, 0.25) is 0 Å². The zero-order valence-electron chi connectivity index (χ0n) is 7.91. The third-order valence-corrected chi connectivity index (χ3v) is 2.69. The fraction of sp³-hybridized carbons (Fsp3) is 0.625. The van der Waals surface area contributed by atoms with E-state index in [0.29, 0.717) is 11.7 Å². The lowest BCUT2D eigenvalue weighted by Crippen LogP contribution is -2.36. The molecule has 0 fully saturated rings. The Labute approximate surface area is 87.0 Å². The highest BCUT2D eigenvalue weighted by atomic mass is 35.5. The fourth-order valence-electron chi connectivity index (χ4n) is 1.07. The zero-order valence-corrected chi connectivity index (χ0v) is 9.48. The summed E-state index contributed by atoms with van der Waals surface area (Å²) >= 11 is 7.16. The van der Waals surface area contributed by atoms with Gasteiger partial charge in [-0.3, -0.25) is 0 Å². The summed E-state index contributed by atoms with van der Waals surface area (Å²) in [4.78, 5) is 5.98. The molecule has 1 heterocycles. The Hall–Kier alpha value is -0.320. The van der Waals surface area contributed by atoms with Gasteiger partial charge in [-0.2, -0.15) is 0 Å². The van der Waals surface area contributed by atoms with Gasteiger partial charge in [-0.05, 0) is 13.8 Å². The smallest absolute Gasteiger partial charge is 0.186 e. The van der Waals surface area contributed by atoms with E-state index in [-0.39, 0.29) is 0 Å². The van der Waals surface area contributed by atoms with Gasteiger partial charge in [0, 0.05) is 19.0 Å². The Kier molecular flexibility index (Phi) is 3.16. The van der Waals surface area contributed by atoms with Crippen LogP contribution in [0.4, 0.5) is 5.13 Å². The molecule has 5 heteroatoms. The maximum Gasteiger partial charge on any atom is 0.186 e. The first-order valence-corrected chi connectivity index (χ1v) is 5.19. The quantitative estimate of drug-likeness (QED) is 0.847. The van der Waals surface area contributed by atoms with Gasteiger partial charge in [-0.1, -0.05) is 11.6 Å². The summed E-state index contributed by atoms with van der Waals surface area (Å²) in [6.07, 6.45) is 0. The van der Waals surface area contributed by atoms with Crippen LogP contribution in [0.25, 0.3) is 0 Å². The Morgan fingerprint density at radius 3 is 2.69 bits per heavy atom. The first-order chi connectivity index (χ1) is 5.88. The lowest BCUT2D eigenvalue weighted by Gasteiger charge is -2.24. The Morgan fingerprint density at radius 2 is 2.31 bits per heavy atom. The molecule has 13 heavy (non-hydrogen) atoms. The molecular formula is C8H13ClN2OS. The lowest BCUT2D eigenvalue weighted by atomic mass is 10.1. The van der Waals surface area contributed by atoms with Gasteiger partial charge in [0.1, 0.15) is 5.15 Å². The Morgan fingerprint density at radius 1 is 1.69 bits per heavy atom. The number of halogens is 1. The maximum atomic E-state index is 9.56. The summed E-state index contributed by atoms with van der Waals surface area (Å²) < 4.78 is 0. The molecule has 0 spiro atoms.